The SMILES string of the molecule is C=C(SCC(=O)N/N=C/c1cccnc1)N(/C(=C\C)c1ccncc1)c1ccccc1. The van der Waals surface area contributed by atoms with E-state index in [-0.39, 0.29) is 11.7 Å². The lowest BCUT2D eigenvalue weighted by Crippen LogP contribution is -2.23. The first-order valence-electron chi connectivity index (χ1n) is 9.64. The molecule has 3 rings (SSSR count). The highest BCUT2D eigenvalue weighted by Gasteiger charge is 2.18. The quantitative estimate of drug-likeness (QED) is 0.394. The van der Waals surface area contributed by atoms with Crippen LogP contribution < -0.4 is 10.3 Å². The fourth-order valence-electron chi connectivity index (χ4n) is 2.82. The van der Waals surface area contributed by atoms with Crippen LogP contribution >= 0.6 is 11.8 Å². The van der Waals surface area contributed by atoms with Crippen LogP contribution in [0.25, 0.3) is 5.70 Å². The van der Waals surface area contributed by atoms with Crippen LogP contribution in [0.3, 0.4) is 0 Å². The number of hydrazone groups is 1. The van der Waals surface area contributed by atoms with E-state index in [1.807, 2.05) is 72.5 Å². The molecule has 0 aliphatic heterocycles. The Morgan fingerprint density at radius 2 is 1.87 bits per heavy atom. The smallest absolute Gasteiger partial charge is 0.250 e. The van der Waals surface area contributed by atoms with Gasteiger partial charge in [0.05, 0.1) is 17.0 Å². The van der Waals surface area contributed by atoms with Crippen LogP contribution in [0.1, 0.15) is 18.1 Å². The van der Waals surface area contributed by atoms with Gasteiger partial charge in [0.1, 0.15) is 0 Å². The highest BCUT2D eigenvalue weighted by atomic mass is 32.2. The van der Waals surface area contributed by atoms with Crippen LogP contribution in [-0.4, -0.2) is 27.8 Å². The minimum atomic E-state index is -0.217. The van der Waals surface area contributed by atoms with Gasteiger partial charge in [0.15, 0.2) is 0 Å². The van der Waals surface area contributed by atoms with Crippen molar-refractivity contribution in [2.24, 2.45) is 5.10 Å². The predicted molar refractivity (Wildman–Crippen MR) is 128 cm³/mol. The van der Waals surface area contributed by atoms with Gasteiger partial charge in [0.25, 0.3) is 0 Å². The molecule has 6 nitrogen and oxygen atoms in total. The Hall–Kier alpha value is -3.71. The molecule has 2 aromatic heterocycles. The molecule has 0 fully saturated rings. The second-order valence-electron chi connectivity index (χ2n) is 6.34. The summed E-state index contributed by atoms with van der Waals surface area (Å²) in [6.07, 6.45) is 10.4. The van der Waals surface area contributed by atoms with Crippen molar-refractivity contribution in [1.82, 2.24) is 15.4 Å². The molecule has 3 aromatic rings. The summed E-state index contributed by atoms with van der Waals surface area (Å²) in [5, 5.41) is 4.71. The molecule has 0 saturated carbocycles. The molecule has 1 aromatic carbocycles. The molecule has 7 heteroatoms. The number of aromatic nitrogens is 2. The maximum atomic E-state index is 12.3. The van der Waals surface area contributed by atoms with Gasteiger partial charge in [-0.15, -0.1) is 0 Å². The number of hydrogen-bond donors (Lipinski definition) is 1. The second-order valence-corrected chi connectivity index (χ2v) is 7.39. The number of carbonyl (C=O) groups is 1. The molecule has 31 heavy (non-hydrogen) atoms. The fourth-order valence-corrected chi connectivity index (χ4v) is 3.51. The van der Waals surface area contributed by atoms with Crippen molar-refractivity contribution >= 4 is 35.3 Å². The van der Waals surface area contributed by atoms with Gasteiger partial charge >= 0.3 is 0 Å². The van der Waals surface area contributed by atoms with E-state index < -0.39 is 0 Å². The van der Waals surface area contributed by atoms with Crippen molar-refractivity contribution in [2.75, 3.05) is 10.7 Å². The van der Waals surface area contributed by atoms with E-state index in [4.69, 9.17) is 0 Å². The minimum Gasteiger partial charge on any atom is -0.305 e. The molecule has 0 bridgehead atoms. The molecular formula is C24H23N5OS. The molecule has 0 aliphatic rings. The van der Waals surface area contributed by atoms with Gasteiger partial charge in [-0.25, -0.2) is 5.43 Å². The highest BCUT2D eigenvalue weighted by Crippen LogP contribution is 2.34. The summed E-state index contributed by atoms with van der Waals surface area (Å²) in [7, 11) is 0. The van der Waals surface area contributed by atoms with Crippen LogP contribution in [0.2, 0.25) is 0 Å². The molecule has 0 atom stereocenters. The first kappa shape index (κ1) is 22.0. The monoisotopic (exact) mass is 429 g/mol. The zero-order chi connectivity index (χ0) is 21.9. The summed E-state index contributed by atoms with van der Waals surface area (Å²) in [4.78, 5) is 22.4. The molecule has 1 amide bonds. The summed E-state index contributed by atoms with van der Waals surface area (Å²) in [5.41, 5.74) is 6.28. The number of anilines is 1. The number of benzene rings is 1. The number of rotatable bonds is 9. The minimum absolute atomic E-state index is 0.180. The van der Waals surface area contributed by atoms with E-state index in [1.165, 1.54) is 11.8 Å². The zero-order valence-corrected chi connectivity index (χ0v) is 18.0. The lowest BCUT2D eigenvalue weighted by atomic mass is 10.1. The number of thioether (sulfide) groups is 1. The third-order valence-electron chi connectivity index (χ3n) is 4.21. The van der Waals surface area contributed by atoms with E-state index in [9.17, 15) is 4.79 Å². The van der Waals surface area contributed by atoms with E-state index in [0.29, 0.717) is 0 Å². The normalized spacial score (nSPS) is 11.3. The van der Waals surface area contributed by atoms with Gasteiger partial charge in [-0.3, -0.25) is 14.8 Å². The molecule has 2 heterocycles. The summed E-state index contributed by atoms with van der Waals surface area (Å²) < 4.78 is 0. The molecule has 0 radical (unpaired) electrons. The number of allylic oxidation sites excluding steroid dienone is 1. The lowest BCUT2D eigenvalue weighted by Gasteiger charge is -2.29. The number of para-hydroxylation sites is 1. The number of hydrogen-bond acceptors (Lipinski definition) is 6. The van der Waals surface area contributed by atoms with Crippen molar-refractivity contribution in [1.29, 1.82) is 0 Å². The third kappa shape index (κ3) is 6.38. The van der Waals surface area contributed by atoms with Crippen LogP contribution in [-0.2, 0) is 4.79 Å². The number of pyridine rings is 2. The van der Waals surface area contributed by atoms with Gasteiger partial charge in [-0.2, -0.15) is 5.10 Å². The molecule has 156 valence electrons. The Balaban J connectivity index is 1.69. The molecule has 0 aliphatic carbocycles. The van der Waals surface area contributed by atoms with Gasteiger partial charge < -0.3 is 4.90 Å². The third-order valence-corrected chi connectivity index (χ3v) is 5.13. The first-order valence-corrected chi connectivity index (χ1v) is 10.6. The average molecular weight is 430 g/mol. The number of amides is 1. The first-order chi connectivity index (χ1) is 15.2. The van der Waals surface area contributed by atoms with Crippen LogP contribution in [0.15, 0.2) is 102 Å². The van der Waals surface area contributed by atoms with Gasteiger partial charge in [0.2, 0.25) is 5.91 Å². The van der Waals surface area contributed by atoms with Gasteiger partial charge in [-0.1, -0.05) is 48.7 Å². The van der Waals surface area contributed by atoms with Crippen LogP contribution in [0.4, 0.5) is 5.69 Å². The van der Waals surface area contributed by atoms with Crippen molar-refractivity contribution in [3.63, 3.8) is 0 Å². The Kier molecular flexibility index (Phi) is 8.13. The van der Waals surface area contributed by atoms with Crippen molar-refractivity contribution in [3.8, 4) is 0 Å². The van der Waals surface area contributed by atoms with Gasteiger partial charge in [0, 0.05) is 47.3 Å². The zero-order valence-electron chi connectivity index (χ0n) is 17.2. The van der Waals surface area contributed by atoms with Crippen molar-refractivity contribution in [2.45, 2.75) is 6.92 Å². The lowest BCUT2D eigenvalue weighted by molar-refractivity contribution is -0.118. The Bertz CT molecular complexity index is 1050. The fraction of sp³-hybridized carbons (Fsp3) is 0.0833. The molecule has 0 spiro atoms. The molecular weight excluding hydrogens is 406 g/mol. The molecule has 0 saturated heterocycles. The average Bonchev–Trinajstić information content (AvgIpc) is 2.82. The summed E-state index contributed by atoms with van der Waals surface area (Å²) in [6.45, 7) is 6.21. The Morgan fingerprint density at radius 3 is 2.55 bits per heavy atom. The van der Waals surface area contributed by atoms with Crippen molar-refractivity contribution in [3.05, 3.63) is 108 Å². The van der Waals surface area contributed by atoms with Crippen LogP contribution in [0.5, 0.6) is 0 Å². The standard InChI is InChI=1S/C24H23N5OS/c1-3-23(21-11-14-25-15-12-21)29(22-9-5-4-6-10-22)19(2)31-18-24(30)28-27-17-20-8-7-13-26-16-20/h3-17H,2,18H2,1H3,(H,28,30)/b23-3-,27-17+. The number of nitrogens with one attached hydrogen (secondary N) is 1. The summed E-state index contributed by atoms with van der Waals surface area (Å²) in [5.74, 6) is -0.0369. The van der Waals surface area contributed by atoms with E-state index >= 15 is 0 Å². The van der Waals surface area contributed by atoms with Crippen LogP contribution in [0, 0.1) is 0 Å². The summed E-state index contributed by atoms with van der Waals surface area (Å²) >= 11 is 1.35. The molecule has 1 N–H and O–H groups in total. The van der Waals surface area contributed by atoms with E-state index in [1.54, 1.807) is 31.0 Å². The van der Waals surface area contributed by atoms with E-state index in [2.05, 4.69) is 27.1 Å². The molecule has 0 unspecified atom stereocenters. The summed E-state index contributed by atoms with van der Waals surface area (Å²) in [6, 6.07) is 17.5. The largest absolute Gasteiger partial charge is 0.305 e. The number of nitrogens with zero attached hydrogens (tertiary/aromatic N) is 4. The predicted octanol–water partition coefficient (Wildman–Crippen LogP) is 4.70. The number of carbonyl (C=O) groups excluding carboxylic acids is 1. The Labute approximate surface area is 186 Å². The second kappa shape index (κ2) is 11.5. The maximum absolute atomic E-state index is 12.3. The van der Waals surface area contributed by atoms with E-state index in [0.717, 1.165) is 27.5 Å². The topological polar surface area (TPSA) is 70.5 Å². The van der Waals surface area contributed by atoms with Crippen molar-refractivity contribution < 1.29 is 4.79 Å². The van der Waals surface area contributed by atoms with Gasteiger partial charge in [-0.05, 0) is 37.3 Å². The highest BCUT2D eigenvalue weighted by molar-refractivity contribution is 8.03. The Morgan fingerprint density at radius 1 is 1.10 bits per heavy atom. The maximum Gasteiger partial charge on any atom is 0.250 e.